The molecule has 78 valence electrons. The van der Waals surface area contributed by atoms with Crippen LogP contribution in [-0.4, -0.2) is 11.2 Å². The van der Waals surface area contributed by atoms with Crippen LogP contribution in [0.1, 0.15) is 17.1 Å². The van der Waals surface area contributed by atoms with Crippen molar-refractivity contribution in [1.82, 2.24) is 4.98 Å². The second kappa shape index (κ2) is 3.39. The summed E-state index contributed by atoms with van der Waals surface area (Å²) in [7, 11) is 0. The van der Waals surface area contributed by atoms with Crippen molar-refractivity contribution < 1.29 is 4.42 Å². The fraction of sp³-hybridized carbons (Fsp3) is 0.364. The van der Waals surface area contributed by atoms with Crippen LogP contribution in [-0.2, 0) is 12.8 Å². The Kier molecular flexibility index (Phi) is 2.14. The van der Waals surface area contributed by atoms with Gasteiger partial charge in [-0.3, -0.25) is 0 Å². The third-order valence-corrected chi connectivity index (χ3v) is 4.87. The summed E-state index contributed by atoms with van der Waals surface area (Å²) >= 11 is 3.61. The van der Waals surface area contributed by atoms with E-state index in [-0.39, 0.29) is 0 Å². The third kappa shape index (κ3) is 1.35. The van der Waals surface area contributed by atoms with Crippen LogP contribution in [0.3, 0.4) is 0 Å². The van der Waals surface area contributed by atoms with E-state index in [2.05, 4.69) is 16.6 Å². The van der Waals surface area contributed by atoms with E-state index in [0.29, 0.717) is 0 Å². The molecule has 0 spiro atoms. The fourth-order valence-electron chi connectivity index (χ4n) is 2.03. The van der Waals surface area contributed by atoms with Gasteiger partial charge in [-0.1, -0.05) is 0 Å². The van der Waals surface area contributed by atoms with Crippen LogP contribution >= 0.6 is 23.1 Å². The van der Waals surface area contributed by atoms with Gasteiger partial charge in [0.15, 0.2) is 11.7 Å². The smallest absolute Gasteiger partial charge is 0.192 e. The highest BCUT2D eigenvalue weighted by Gasteiger charge is 2.25. The van der Waals surface area contributed by atoms with Crippen LogP contribution in [0.5, 0.6) is 0 Å². The number of hydrogen-bond acceptors (Lipinski definition) is 4. The van der Waals surface area contributed by atoms with E-state index in [4.69, 9.17) is 4.42 Å². The van der Waals surface area contributed by atoms with Crippen molar-refractivity contribution in [2.45, 2.75) is 24.0 Å². The molecule has 2 aromatic heterocycles. The summed E-state index contributed by atoms with van der Waals surface area (Å²) in [6.45, 7) is 1.92. The van der Waals surface area contributed by atoms with Crippen molar-refractivity contribution in [2.75, 3.05) is 6.26 Å². The molecule has 0 saturated carbocycles. The predicted octanol–water partition coefficient (Wildman–Crippen LogP) is 3.53. The van der Waals surface area contributed by atoms with Gasteiger partial charge in [-0.25, -0.2) is 4.98 Å². The molecule has 0 amide bonds. The second-order valence-corrected chi connectivity index (χ2v) is 5.59. The summed E-state index contributed by atoms with van der Waals surface area (Å²) < 4.78 is 7.06. The molecule has 2 nitrogen and oxygen atoms in total. The molecule has 2 aromatic rings. The number of oxazole rings is 1. The first kappa shape index (κ1) is 9.48. The van der Waals surface area contributed by atoms with Crippen LogP contribution < -0.4 is 0 Å². The Morgan fingerprint density at radius 2 is 2.33 bits per heavy atom. The molecule has 15 heavy (non-hydrogen) atoms. The Hall–Kier alpha value is -0.740. The number of nitrogens with zero attached hydrogens (tertiary/aromatic N) is 1. The van der Waals surface area contributed by atoms with Gasteiger partial charge in [-0.2, -0.15) is 0 Å². The Bertz CT molecular complexity index is 499. The zero-order valence-electron chi connectivity index (χ0n) is 8.66. The topological polar surface area (TPSA) is 26.0 Å². The minimum absolute atomic E-state index is 0.783. The summed E-state index contributed by atoms with van der Waals surface area (Å²) in [6, 6.07) is 0. The van der Waals surface area contributed by atoms with Crippen molar-refractivity contribution in [1.29, 1.82) is 0 Å². The van der Waals surface area contributed by atoms with Crippen LogP contribution in [0.25, 0.3) is 11.3 Å². The second-order valence-electron chi connectivity index (χ2n) is 3.64. The molecular formula is C11H11NOS2. The number of fused-ring (bicyclic) bond motifs is 3. The molecule has 0 saturated heterocycles. The first-order valence-corrected chi connectivity index (χ1v) is 7.01. The number of thiophene rings is 1. The standard InChI is InChI=1S/C11H11NOS2/c1-6-12-8-4-3-7-5-15-11(14-2)9(7)10(8)13-6/h5H,3-4H2,1-2H3. The van der Waals surface area contributed by atoms with Crippen LogP contribution in [0.15, 0.2) is 14.0 Å². The Morgan fingerprint density at radius 1 is 1.47 bits per heavy atom. The largest absolute Gasteiger partial charge is 0.441 e. The number of thioether (sulfide) groups is 1. The molecule has 0 aliphatic heterocycles. The van der Waals surface area contributed by atoms with E-state index in [0.717, 1.165) is 30.2 Å². The third-order valence-electron chi connectivity index (χ3n) is 2.68. The normalized spacial score (nSPS) is 13.7. The minimum atomic E-state index is 0.783. The first-order chi connectivity index (χ1) is 7.29. The van der Waals surface area contributed by atoms with Crippen LogP contribution in [0.2, 0.25) is 0 Å². The molecule has 2 heterocycles. The van der Waals surface area contributed by atoms with Gasteiger partial charge in [0.05, 0.1) is 9.90 Å². The molecule has 0 fully saturated rings. The maximum Gasteiger partial charge on any atom is 0.192 e. The quantitative estimate of drug-likeness (QED) is 0.710. The van der Waals surface area contributed by atoms with Gasteiger partial charge in [0, 0.05) is 12.5 Å². The van der Waals surface area contributed by atoms with E-state index in [9.17, 15) is 0 Å². The summed E-state index contributed by atoms with van der Waals surface area (Å²) in [5.41, 5.74) is 3.86. The molecule has 1 aliphatic rings. The van der Waals surface area contributed by atoms with Crippen molar-refractivity contribution in [3.63, 3.8) is 0 Å². The molecule has 0 aromatic carbocycles. The van der Waals surface area contributed by atoms with E-state index in [1.165, 1.54) is 15.3 Å². The molecule has 0 radical (unpaired) electrons. The number of rotatable bonds is 1. The van der Waals surface area contributed by atoms with E-state index < -0.39 is 0 Å². The monoisotopic (exact) mass is 237 g/mol. The van der Waals surface area contributed by atoms with Gasteiger partial charge in [-0.05, 0) is 30.0 Å². The summed E-state index contributed by atoms with van der Waals surface area (Å²) in [6.07, 6.45) is 4.24. The number of aromatic nitrogens is 1. The maximum absolute atomic E-state index is 5.72. The van der Waals surface area contributed by atoms with Gasteiger partial charge >= 0.3 is 0 Å². The highest BCUT2D eigenvalue weighted by molar-refractivity contribution is 8.00. The summed E-state index contributed by atoms with van der Waals surface area (Å²) in [5, 5.41) is 2.25. The lowest BCUT2D eigenvalue weighted by molar-refractivity contribution is 0.531. The average Bonchev–Trinajstić information content (AvgIpc) is 2.78. The lowest BCUT2D eigenvalue weighted by atomic mass is 9.97. The van der Waals surface area contributed by atoms with Gasteiger partial charge in [0.25, 0.3) is 0 Å². The predicted molar refractivity (Wildman–Crippen MR) is 63.7 cm³/mol. The van der Waals surface area contributed by atoms with Crippen molar-refractivity contribution in [3.05, 3.63) is 22.5 Å². The van der Waals surface area contributed by atoms with Gasteiger partial charge in [-0.15, -0.1) is 23.1 Å². The average molecular weight is 237 g/mol. The number of hydrogen-bond donors (Lipinski definition) is 0. The Morgan fingerprint density at radius 3 is 3.13 bits per heavy atom. The lowest BCUT2D eigenvalue weighted by Crippen LogP contribution is -2.00. The molecule has 3 rings (SSSR count). The van der Waals surface area contributed by atoms with Gasteiger partial charge < -0.3 is 4.42 Å². The summed E-state index contributed by atoms with van der Waals surface area (Å²) in [5.74, 6) is 1.80. The van der Waals surface area contributed by atoms with Crippen LogP contribution in [0, 0.1) is 6.92 Å². The zero-order valence-corrected chi connectivity index (χ0v) is 10.3. The van der Waals surface area contributed by atoms with Crippen molar-refractivity contribution in [2.24, 2.45) is 0 Å². The molecule has 4 heteroatoms. The molecular weight excluding hydrogens is 226 g/mol. The molecule has 0 unspecified atom stereocenters. The maximum atomic E-state index is 5.72. The summed E-state index contributed by atoms with van der Waals surface area (Å²) in [4.78, 5) is 4.43. The van der Waals surface area contributed by atoms with E-state index in [1.54, 1.807) is 11.8 Å². The number of aryl methyl sites for hydroxylation is 3. The molecule has 1 aliphatic carbocycles. The van der Waals surface area contributed by atoms with Crippen molar-refractivity contribution in [3.8, 4) is 11.3 Å². The molecule has 0 atom stereocenters. The first-order valence-electron chi connectivity index (χ1n) is 4.90. The fourth-order valence-corrected chi connectivity index (χ4v) is 3.82. The Labute approximate surface area is 96.7 Å². The SMILES string of the molecule is CSc1scc2c1-c1oc(C)nc1CC2. The highest BCUT2D eigenvalue weighted by atomic mass is 32.2. The Balaban J connectivity index is 2.26. The van der Waals surface area contributed by atoms with E-state index in [1.807, 2.05) is 18.3 Å². The van der Waals surface area contributed by atoms with Crippen molar-refractivity contribution >= 4 is 23.1 Å². The van der Waals surface area contributed by atoms with Crippen LogP contribution in [0.4, 0.5) is 0 Å². The lowest BCUT2D eigenvalue weighted by Gasteiger charge is -2.10. The molecule has 0 N–H and O–H groups in total. The zero-order chi connectivity index (χ0) is 10.4. The highest BCUT2D eigenvalue weighted by Crippen LogP contribution is 2.43. The van der Waals surface area contributed by atoms with Gasteiger partial charge in [0.1, 0.15) is 0 Å². The van der Waals surface area contributed by atoms with E-state index >= 15 is 0 Å². The molecule has 0 bridgehead atoms. The minimum Gasteiger partial charge on any atom is -0.441 e. The van der Waals surface area contributed by atoms with Gasteiger partial charge in [0.2, 0.25) is 0 Å².